The van der Waals surface area contributed by atoms with Crippen molar-refractivity contribution in [3.8, 4) is 11.8 Å². The van der Waals surface area contributed by atoms with Gasteiger partial charge in [0.25, 0.3) is 0 Å². The van der Waals surface area contributed by atoms with Crippen LogP contribution in [-0.2, 0) is 0 Å². The van der Waals surface area contributed by atoms with Gasteiger partial charge in [-0.2, -0.15) is 9.65 Å². The fourth-order valence-corrected chi connectivity index (χ4v) is 1.61. The first-order valence-corrected chi connectivity index (χ1v) is 5.62. The molecule has 0 saturated carbocycles. The number of nitriles is 1. The van der Waals surface area contributed by atoms with Crippen molar-refractivity contribution in [2.75, 3.05) is 7.05 Å². The monoisotopic (exact) mass is 254 g/mol. The molecule has 0 aromatic heterocycles. The lowest BCUT2D eigenvalue weighted by molar-refractivity contribution is 0.174. The van der Waals surface area contributed by atoms with Crippen LogP contribution >= 0.6 is 0 Å². The van der Waals surface area contributed by atoms with E-state index in [9.17, 15) is 8.78 Å². The van der Waals surface area contributed by atoms with Crippen molar-refractivity contribution in [3.63, 3.8) is 0 Å². The summed E-state index contributed by atoms with van der Waals surface area (Å²) in [6.45, 7) is 3.42. The van der Waals surface area contributed by atoms with Gasteiger partial charge in [0.2, 0.25) is 5.82 Å². The molecule has 2 atom stereocenters. The summed E-state index contributed by atoms with van der Waals surface area (Å²) in [5.41, 5.74) is -0.761. The van der Waals surface area contributed by atoms with Gasteiger partial charge in [-0.1, -0.05) is 6.07 Å². The first-order valence-electron chi connectivity index (χ1n) is 5.62. The van der Waals surface area contributed by atoms with E-state index >= 15 is 0 Å². The average Bonchev–Trinajstić information content (AvgIpc) is 2.34. The van der Waals surface area contributed by atoms with E-state index in [1.165, 1.54) is 12.1 Å². The second-order valence-electron chi connectivity index (χ2n) is 4.38. The molecule has 18 heavy (non-hydrogen) atoms. The van der Waals surface area contributed by atoms with E-state index in [-0.39, 0.29) is 5.75 Å². The van der Waals surface area contributed by atoms with Gasteiger partial charge in [0, 0.05) is 6.42 Å². The number of rotatable bonds is 5. The van der Waals surface area contributed by atoms with Crippen LogP contribution in [0.1, 0.15) is 20.3 Å². The number of ether oxygens (including phenoxy) is 1. The highest BCUT2D eigenvalue weighted by Gasteiger charge is 2.25. The molecule has 0 amide bonds. The Kier molecular flexibility index (Phi) is 4.62. The van der Waals surface area contributed by atoms with Gasteiger partial charge >= 0.3 is 0 Å². The second kappa shape index (κ2) is 5.78. The lowest BCUT2D eigenvalue weighted by Gasteiger charge is -2.25. The van der Waals surface area contributed by atoms with Crippen molar-refractivity contribution in [2.45, 2.75) is 31.9 Å². The minimum Gasteiger partial charge on any atom is -0.487 e. The van der Waals surface area contributed by atoms with Gasteiger partial charge in [-0.05, 0) is 33.0 Å². The van der Waals surface area contributed by atoms with Crippen LogP contribution in [-0.4, -0.2) is 18.7 Å². The molecule has 3 nitrogen and oxygen atoms in total. The molecule has 0 aliphatic carbocycles. The fraction of sp³-hybridized carbons (Fsp3) is 0.462. The van der Waals surface area contributed by atoms with Crippen molar-refractivity contribution in [3.05, 3.63) is 29.8 Å². The summed E-state index contributed by atoms with van der Waals surface area (Å²) >= 11 is 0. The first-order chi connectivity index (χ1) is 8.41. The molecule has 5 heteroatoms. The lowest BCUT2D eigenvalue weighted by atomic mass is 9.97. The normalized spacial score (nSPS) is 15.6. The van der Waals surface area contributed by atoms with Crippen LogP contribution in [0, 0.1) is 23.0 Å². The Hall–Kier alpha value is -1.67. The van der Waals surface area contributed by atoms with Gasteiger partial charge in [0.05, 0.1) is 12.2 Å². The molecule has 1 aromatic rings. The van der Waals surface area contributed by atoms with Crippen LogP contribution in [0.3, 0.4) is 0 Å². The van der Waals surface area contributed by atoms with Gasteiger partial charge in [-0.3, -0.25) is 0 Å². The number of hydrogen-bond donors (Lipinski definition) is 1. The van der Waals surface area contributed by atoms with Crippen molar-refractivity contribution >= 4 is 0 Å². The number of nitrogens with zero attached hydrogens (tertiary/aromatic N) is 1. The summed E-state index contributed by atoms with van der Waals surface area (Å²) in [5, 5.41) is 11.9. The summed E-state index contributed by atoms with van der Waals surface area (Å²) in [6.07, 6.45) is -0.0611. The number of benzene rings is 1. The SMILES string of the molecule is CNC(C)(C#N)CC(C)Oc1cccc(F)c1F. The van der Waals surface area contributed by atoms with Crippen molar-refractivity contribution in [2.24, 2.45) is 0 Å². The lowest BCUT2D eigenvalue weighted by Crippen LogP contribution is -2.41. The summed E-state index contributed by atoms with van der Waals surface area (Å²) in [6, 6.07) is 5.88. The molecule has 0 saturated heterocycles. The molecule has 0 aliphatic rings. The number of hydrogen-bond acceptors (Lipinski definition) is 3. The highest BCUT2D eigenvalue weighted by molar-refractivity contribution is 5.25. The minimum atomic E-state index is -1.01. The zero-order valence-electron chi connectivity index (χ0n) is 10.6. The standard InChI is InChI=1S/C13H16F2N2O/c1-9(7-13(2,8-16)17-3)18-11-6-4-5-10(14)12(11)15/h4-6,9,17H,7H2,1-3H3. The Balaban J connectivity index is 2.74. The summed E-state index contributed by atoms with van der Waals surface area (Å²) in [5.74, 6) is -2.09. The molecule has 1 rings (SSSR count). The predicted octanol–water partition coefficient (Wildman–Crippen LogP) is 2.62. The third kappa shape index (κ3) is 3.41. The summed E-state index contributed by atoms with van der Waals surface area (Å²) in [4.78, 5) is 0. The quantitative estimate of drug-likeness (QED) is 0.878. The Morgan fingerprint density at radius 2 is 2.17 bits per heavy atom. The third-order valence-electron chi connectivity index (χ3n) is 2.74. The molecule has 0 fully saturated rings. The van der Waals surface area contributed by atoms with Crippen molar-refractivity contribution in [1.82, 2.24) is 5.32 Å². The maximum absolute atomic E-state index is 13.4. The number of nitrogens with one attached hydrogen (secondary N) is 1. The molecule has 1 N–H and O–H groups in total. The van der Waals surface area contributed by atoms with Crippen LogP contribution in [0.5, 0.6) is 5.75 Å². The zero-order chi connectivity index (χ0) is 13.8. The molecule has 98 valence electrons. The average molecular weight is 254 g/mol. The molecule has 0 bridgehead atoms. The molecular formula is C13H16F2N2O. The Morgan fingerprint density at radius 3 is 2.72 bits per heavy atom. The molecule has 0 spiro atoms. The van der Waals surface area contributed by atoms with E-state index in [2.05, 4.69) is 11.4 Å². The van der Waals surface area contributed by atoms with Gasteiger partial charge in [0.15, 0.2) is 11.6 Å². The van der Waals surface area contributed by atoms with Crippen molar-refractivity contribution < 1.29 is 13.5 Å². The van der Waals surface area contributed by atoms with Gasteiger partial charge in [0.1, 0.15) is 5.54 Å². The van der Waals surface area contributed by atoms with E-state index in [0.29, 0.717) is 6.42 Å². The highest BCUT2D eigenvalue weighted by Crippen LogP contribution is 2.22. The molecule has 0 radical (unpaired) electrons. The molecule has 0 heterocycles. The fourth-order valence-electron chi connectivity index (χ4n) is 1.61. The van der Waals surface area contributed by atoms with Crippen molar-refractivity contribution in [1.29, 1.82) is 5.26 Å². The predicted molar refractivity (Wildman–Crippen MR) is 64.1 cm³/mol. The zero-order valence-corrected chi connectivity index (χ0v) is 10.6. The molecule has 1 aromatic carbocycles. The smallest absolute Gasteiger partial charge is 0.200 e. The largest absolute Gasteiger partial charge is 0.487 e. The van der Waals surface area contributed by atoms with E-state index in [1.54, 1.807) is 20.9 Å². The molecule has 0 aliphatic heterocycles. The van der Waals surface area contributed by atoms with Crippen LogP contribution < -0.4 is 10.1 Å². The van der Waals surface area contributed by atoms with E-state index in [0.717, 1.165) is 6.07 Å². The van der Waals surface area contributed by atoms with Gasteiger partial charge < -0.3 is 10.1 Å². The maximum Gasteiger partial charge on any atom is 0.200 e. The molecular weight excluding hydrogens is 238 g/mol. The van der Waals surface area contributed by atoms with E-state index in [1.807, 2.05) is 0 Å². The highest BCUT2D eigenvalue weighted by atomic mass is 19.2. The summed E-state index contributed by atoms with van der Waals surface area (Å²) < 4.78 is 31.7. The third-order valence-corrected chi connectivity index (χ3v) is 2.74. The number of halogens is 2. The van der Waals surface area contributed by atoms with Crippen LogP contribution in [0.4, 0.5) is 8.78 Å². The topological polar surface area (TPSA) is 45.0 Å². The Bertz CT molecular complexity index is 459. The Labute approximate surface area is 105 Å². The first kappa shape index (κ1) is 14.4. The van der Waals surface area contributed by atoms with E-state index in [4.69, 9.17) is 10.00 Å². The summed E-state index contributed by atoms with van der Waals surface area (Å²) in [7, 11) is 1.67. The Morgan fingerprint density at radius 1 is 1.50 bits per heavy atom. The van der Waals surface area contributed by atoms with Crippen LogP contribution in [0.25, 0.3) is 0 Å². The minimum absolute atomic E-state index is 0.140. The van der Waals surface area contributed by atoms with Gasteiger partial charge in [-0.25, -0.2) is 4.39 Å². The molecule has 2 unspecified atom stereocenters. The van der Waals surface area contributed by atoms with E-state index < -0.39 is 23.3 Å². The van der Waals surface area contributed by atoms with Crippen LogP contribution in [0.2, 0.25) is 0 Å². The van der Waals surface area contributed by atoms with Gasteiger partial charge in [-0.15, -0.1) is 0 Å². The van der Waals surface area contributed by atoms with Crippen LogP contribution in [0.15, 0.2) is 18.2 Å². The second-order valence-corrected chi connectivity index (χ2v) is 4.38. The maximum atomic E-state index is 13.4.